The quantitative estimate of drug-likeness (QED) is 0.786. The number of aromatic amines is 1. The molecule has 0 spiro atoms. The fraction of sp³-hybridized carbons (Fsp3) is 0.182. The van der Waals surface area contributed by atoms with E-state index in [0.29, 0.717) is 36.0 Å². The lowest BCUT2D eigenvalue weighted by Gasteiger charge is -2.19. The maximum Gasteiger partial charge on any atom is 0.197 e. The van der Waals surface area contributed by atoms with Crippen molar-refractivity contribution in [2.45, 2.75) is 0 Å². The molecule has 1 aliphatic heterocycles. The molecule has 0 aliphatic carbocycles. The van der Waals surface area contributed by atoms with Crippen molar-refractivity contribution in [1.29, 1.82) is 0 Å². The fourth-order valence-electron chi connectivity index (χ4n) is 1.75. The molecule has 17 heavy (non-hydrogen) atoms. The number of rotatable bonds is 1. The van der Waals surface area contributed by atoms with Crippen LogP contribution in [0.4, 0.5) is 10.2 Å². The zero-order valence-electron chi connectivity index (χ0n) is 8.87. The highest BCUT2D eigenvalue weighted by atomic mass is 19.1. The lowest BCUT2D eigenvalue weighted by Crippen LogP contribution is -2.16. The summed E-state index contributed by atoms with van der Waals surface area (Å²) in [6.07, 6.45) is 0. The number of hydrogen-bond donors (Lipinski definition) is 2. The minimum Gasteiger partial charge on any atom is -0.486 e. The Morgan fingerprint density at radius 2 is 2.06 bits per heavy atom. The minimum absolute atomic E-state index is 0.160. The van der Waals surface area contributed by atoms with E-state index in [1.165, 1.54) is 6.07 Å². The van der Waals surface area contributed by atoms with E-state index in [0.717, 1.165) is 0 Å². The Bertz CT molecular complexity index is 568. The van der Waals surface area contributed by atoms with Crippen LogP contribution in [0, 0.1) is 5.82 Å². The van der Waals surface area contributed by atoms with Gasteiger partial charge in [-0.25, -0.2) is 4.39 Å². The van der Waals surface area contributed by atoms with Gasteiger partial charge in [0.15, 0.2) is 17.3 Å². The van der Waals surface area contributed by atoms with E-state index in [-0.39, 0.29) is 5.75 Å². The number of nitrogen functional groups attached to an aromatic ring is 1. The van der Waals surface area contributed by atoms with Crippen LogP contribution >= 0.6 is 0 Å². The molecule has 0 bridgehead atoms. The second kappa shape index (κ2) is 3.65. The van der Waals surface area contributed by atoms with Crippen molar-refractivity contribution in [3.63, 3.8) is 0 Å². The summed E-state index contributed by atoms with van der Waals surface area (Å²) in [5.74, 6) is 0.465. The van der Waals surface area contributed by atoms with Gasteiger partial charge in [-0.2, -0.15) is 5.10 Å². The zero-order chi connectivity index (χ0) is 11.8. The zero-order valence-corrected chi connectivity index (χ0v) is 8.87. The van der Waals surface area contributed by atoms with E-state index in [9.17, 15) is 4.39 Å². The average Bonchev–Trinajstić information content (AvgIpc) is 2.76. The molecule has 0 radical (unpaired) electrons. The normalized spacial score (nSPS) is 13.7. The van der Waals surface area contributed by atoms with Gasteiger partial charge in [-0.3, -0.25) is 5.10 Å². The van der Waals surface area contributed by atoms with Gasteiger partial charge in [-0.05, 0) is 12.1 Å². The molecule has 0 atom stereocenters. The van der Waals surface area contributed by atoms with E-state index in [1.54, 1.807) is 12.1 Å². The van der Waals surface area contributed by atoms with Crippen LogP contribution in [0.1, 0.15) is 0 Å². The average molecular weight is 235 g/mol. The number of nitrogens with two attached hydrogens (primary N) is 1. The van der Waals surface area contributed by atoms with E-state index in [1.807, 2.05) is 0 Å². The molecule has 1 aliphatic rings. The summed E-state index contributed by atoms with van der Waals surface area (Å²) in [5, 5.41) is 6.51. The summed E-state index contributed by atoms with van der Waals surface area (Å²) < 4.78 is 24.3. The van der Waals surface area contributed by atoms with Crippen molar-refractivity contribution in [3.8, 4) is 22.8 Å². The monoisotopic (exact) mass is 235 g/mol. The summed E-state index contributed by atoms with van der Waals surface area (Å²) in [6.45, 7) is 0.779. The standard InChI is InChI=1S/C11H10FN3O2/c12-7-3-6(8-5-10(13)15-14-8)4-9-11(7)17-2-1-16-9/h3-5H,1-2H2,(H3,13,14,15). The van der Waals surface area contributed by atoms with Crippen molar-refractivity contribution < 1.29 is 13.9 Å². The number of nitrogens with zero attached hydrogens (tertiary/aromatic N) is 1. The predicted molar refractivity (Wildman–Crippen MR) is 59.4 cm³/mol. The molecule has 5 nitrogen and oxygen atoms in total. The number of anilines is 1. The van der Waals surface area contributed by atoms with Crippen LogP contribution in [-0.4, -0.2) is 23.4 Å². The van der Waals surface area contributed by atoms with Gasteiger partial charge in [0, 0.05) is 11.6 Å². The topological polar surface area (TPSA) is 73.2 Å². The molecule has 2 aromatic rings. The van der Waals surface area contributed by atoms with Gasteiger partial charge in [-0.1, -0.05) is 0 Å². The Labute approximate surface area is 96.3 Å². The Morgan fingerprint density at radius 3 is 2.82 bits per heavy atom. The number of benzene rings is 1. The molecule has 0 amide bonds. The molecule has 3 N–H and O–H groups in total. The van der Waals surface area contributed by atoms with E-state index in [4.69, 9.17) is 15.2 Å². The second-order valence-electron chi connectivity index (χ2n) is 3.69. The number of nitrogens with one attached hydrogen (secondary N) is 1. The summed E-state index contributed by atoms with van der Waals surface area (Å²) in [6, 6.07) is 4.69. The number of ether oxygens (including phenoxy) is 2. The van der Waals surface area contributed by atoms with Crippen LogP contribution in [0.3, 0.4) is 0 Å². The molecule has 88 valence electrons. The molecular formula is C11H10FN3O2. The lowest BCUT2D eigenvalue weighted by molar-refractivity contribution is 0.164. The summed E-state index contributed by atoms with van der Waals surface area (Å²) >= 11 is 0. The first-order valence-electron chi connectivity index (χ1n) is 5.14. The molecule has 0 fully saturated rings. The van der Waals surface area contributed by atoms with Crippen molar-refractivity contribution in [2.75, 3.05) is 18.9 Å². The first-order valence-corrected chi connectivity index (χ1v) is 5.14. The first kappa shape index (κ1) is 9.95. The Balaban J connectivity index is 2.10. The van der Waals surface area contributed by atoms with Gasteiger partial charge in [-0.15, -0.1) is 0 Å². The van der Waals surface area contributed by atoms with Gasteiger partial charge in [0.25, 0.3) is 0 Å². The largest absolute Gasteiger partial charge is 0.486 e. The number of fused-ring (bicyclic) bond motifs is 1. The highest BCUT2D eigenvalue weighted by Crippen LogP contribution is 2.36. The van der Waals surface area contributed by atoms with Gasteiger partial charge >= 0.3 is 0 Å². The Hall–Kier alpha value is -2.24. The SMILES string of the molecule is Nc1cc(-c2cc(F)c3c(c2)OCCO3)[nH]n1. The molecule has 0 saturated heterocycles. The highest BCUT2D eigenvalue weighted by Gasteiger charge is 2.18. The van der Waals surface area contributed by atoms with Crippen LogP contribution in [0.15, 0.2) is 18.2 Å². The van der Waals surface area contributed by atoms with E-state index in [2.05, 4.69) is 10.2 Å². The Kier molecular flexibility index (Phi) is 2.14. The summed E-state index contributed by atoms with van der Waals surface area (Å²) in [5.41, 5.74) is 6.76. The molecule has 6 heteroatoms. The van der Waals surface area contributed by atoms with E-state index < -0.39 is 5.82 Å². The molecule has 0 unspecified atom stereocenters. The van der Waals surface area contributed by atoms with Gasteiger partial charge in [0.05, 0.1) is 5.69 Å². The molecule has 1 aromatic heterocycles. The number of halogens is 1. The smallest absolute Gasteiger partial charge is 0.197 e. The number of aromatic nitrogens is 2. The van der Waals surface area contributed by atoms with Crippen molar-refractivity contribution >= 4 is 5.82 Å². The maximum absolute atomic E-state index is 13.8. The predicted octanol–water partition coefficient (Wildman–Crippen LogP) is 1.57. The van der Waals surface area contributed by atoms with Gasteiger partial charge < -0.3 is 15.2 Å². The minimum atomic E-state index is -0.453. The van der Waals surface area contributed by atoms with Crippen LogP contribution < -0.4 is 15.2 Å². The maximum atomic E-state index is 13.8. The number of H-pyrrole nitrogens is 1. The Morgan fingerprint density at radius 1 is 1.24 bits per heavy atom. The number of hydrogen-bond acceptors (Lipinski definition) is 4. The van der Waals surface area contributed by atoms with Crippen LogP contribution in [0.25, 0.3) is 11.3 Å². The van der Waals surface area contributed by atoms with Crippen LogP contribution in [0.2, 0.25) is 0 Å². The van der Waals surface area contributed by atoms with Crippen molar-refractivity contribution in [2.24, 2.45) is 0 Å². The molecule has 1 aromatic carbocycles. The summed E-state index contributed by atoms with van der Waals surface area (Å²) in [4.78, 5) is 0. The first-order chi connectivity index (χ1) is 8.24. The lowest BCUT2D eigenvalue weighted by atomic mass is 10.1. The molecular weight excluding hydrogens is 225 g/mol. The third-order valence-electron chi connectivity index (χ3n) is 2.51. The molecule has 2 heterocycles. The highest BCUT2D eigenvalue weighted by molar-refractivity contribution is 5.66. The second-order valence-corrected chi connectivity index (χ2v) is 3.69. The van der Waals surface area contributed by atoms with Crippen molar-refractivity contribution in [1.82, 2.24) is 10.2 Å². The van der Waals surface area contributed by atoms with Crippen LogP contribution in [-0.2, 0) is 0 Å². The third-order valence-corrected chi connectivity index (χ3v) is 2.51. The molecule has 0 saturated carbocycles. The van der Waals surface area contributed by atoms with Crippen LogP contribution in [0.5, 0.6) is 11.5 Å². The van der Waals surface area contributed by atoms with Gasteiger partial charge in [0.2, 0.25) is 0 Å². The van der Waals surface area contributed by atoms with Gasteiger partial charge in [0.1, 0.15) is 19.0 Å². The van der Waals surface area contributed by atoms with E-state index >= 15 is 0 Å². The summed E-state index contributed by atoms with van der Waals surface area (Å²) in [7, 11) is 0. The van der Waals surface area contributed by atoms with Crippen molar-refractivity contribution in [3.05, 3.63) is 24.0 Å². The fourth-order valence-corrected chi connectivity index (χ4v) is 1.75. The molecule has 3 rings (SSSR count). The third kappa shape index (κ3) is 1.67.